The van der Waals surface area contributed by atoms with E-state index in [9.17, 15) is 9.90 Å². The Morgan fingerprint density at radius 2 is 2.03 bits per heavy atom. The van der Waals surface area contributed by atoms with Gasteiger partial charge in [0.1, 0.15) is 17.6 Å². The maximum Gasteiger partial charge on any atom is 0.219 e. The zero-order valence-electron chi connectivity index (χ0n) is 17.5. The highest BCUT2D eigenvalue weighted by atomic mass is 16.5. The van der Waals surface area contributed by atoms with Crippen molar-refractivity contribution in [1.82, 2.24) is 19.6 Å². The molecule has 0 radical (unpaired) electrons. The van der Waals surface area contributed by atoms with E-state index in [1.54, 1.807) is 20.0 Å². The van der Waals surface area contributed by atoms with E-state index in [4.69, 9.17) is 4.52 Å². The second kappa shape index (κ2) is 7.71. The number of benzene rings is 1. The summed E-state index contributed by atoms with van der Waals surface area (Å²) in [6.07, 6.45) is 2.82. The number of amides is 1. The SMILES string of the molecule is CC(=O)N1CC2C(C#Cc3ccc(-c4cc(Cn5ccnc5[C@H](C)O)on4)cc3)C2C1. The molecule has 1 saturated carbocycles. The van der Waals surface area contributed by atoms with Gasteiger partial charge < -0.3 is 19.1 Å². The number of carbonyl (C=O) groups is 1. The number of imidazole rings is 1. The van der Waals surface area contributed by atoms with Gasteiger partial charge in [0.2, 0.25) is 5.91 Å². The van der Waals surface area contributed by atoms with Crippen LogP contribution in [0, 0.1) is 29.6 Å². The molecule has 0 bridgehead atoms. The van der Waals surface area contributed by atoms with Crippen molar-refractivity contribution in [1.29, 1.82) is 0 Å². The zero-order valence-corrected chi connectivity index (χ0v) is 17.5. The Morgan fingerprint density at radius 3 is 2.71 bits per heavy atom. The fourth-order valence-corrected chi connectivity index (χ4v) is 4.40. The number of nitrogens with zero attached hydrogens (tertiary/aromatic N) is 4. The Bertz CT molecular complexity index is 1150. The van der Waals surface area contributed by atoms with Crippen molar-refractivity contribution in [2.24, 2.45) is 17.8 Å². The first-order chi connectivity index (χ1) is 15.0. The number of aliphatic hydroxyl groups excluding tert-OH is 1. The van der Waals surface area contributed by atoms with Gasteiger partial charge in [-0.25, -0.2) is 4.98 Å². The van der Waals surface area contributed by atoms with Crippen LogP contribution in [0.4, 0.5) is 0 Å². The highest BCUT2D eigenvalue weighted by Gasteiger charge is 2.55. The number of aromatic nitrogens is 3. The molecule has 7 heteroatoms. The molecule has 2 fully saturated rings. The summed E-state index contributed by atoms with van der Waals surface area (Å²) in [7, 11) is 0. The van der Waals surface area contributed by atoms with Crippen LogP contribution in [0.1, 0.15) is 37.1 Å². The van der Waals surface area contributed by atoms with Crippen LogP contribution in [0.2, 0.25) is 0 Å². The predicted octanol–water partition coefficient (Wildman–Crippen LogP) is 2.72. The average molecular weight is 416 g/mol. The molecule has 1 N–H and O–H groups in total. The van der Waals surface area contributed by atoms with Crippen molar-refractivity contribution in [3.05, 3.63) is 59.9 Å². The number of hydrogen-bond acceptors (Lipinski definition) is 5. The molecule has 2 aromatic heterocycles. The smallest absolute Gasteiger partial charge is 0.219 e. The number of likely N-dealkylation sites (tertiary alicyclic amines) is 1. The molecule has 3 aromatic rings. The number of fused-ring (bicyclic) bond motifs is 1. The largest absolute Gasteiger partial charge is 0.385 e. The molecule has 1 aliphatic heterocycles. The van der Waals surface area contributed by atoms with Crippen LogP contribution < -0.4 is 0 Å². The van der Waals surface area contributed by atoms with Crippen LogP contribution in [0.25, 0.3) is 11.3 Å². The van der Waals surface area contributed by atoms with Gasteiger partial charge >= 0.3 is 0 Å². The Hall–Kier alpha value is -3.37. The van der Waals surface area contributed by atoms with E-state index in [0.29, 0.717) is 35.9 Å². The minimum Gasteiger partial charge on any atom is -0.385 e. The Kier molecular flexibility index (Phi) is 4.87. The topological polar surface area (TPSA) is 84.4 Å². The van der Waals surface area contributed by atoms with Gasteiger partial charge in [-0.3, -0.25) is 4.79 Å². The van der Waals surface area contributed by atoms with Crippen molar-refractivity contribution in [2.45, 2.75) is 26.5 Å². The molecule has 3 atom stereocenters. The first-order valence-corrected chi connectivity index (χ1v) is 10.5. The number of piperidine rings is 1. The van der Waals surface area contributed by atoms with Crippen LogP contribution in [0.5, 0.6) is 0 Å². The molecule has 158 valence electrons. The highest BCUT2D eigenvalue weighted by molar-refractivity contribution is 5.74. The number of carbonyl (C=O) groups excluding carboxylic acids is 1. The highest BCUT2D eigenvalue weighted by Crippen LogP contribution is 2.51. The number of rotatable bonds is 4. The maximum atomic E-state index is 11.4. The predicted molar refractivity (Wildman–Crippen MR) is 114 cm³/mol. The van der Waals surface area contributed by atoms with Crippen molar-refractivity contribution < 1.29 is 14.4 Å². The molecular weight excluding hydrogens is 392 g/mol. The van der Waals surface area contributed by atoms with Gasteiger partial charge in [-0.2, -0.15) is 0 Å². The summed E-state index contributed by atoms with van der Waals surface area (Å²) in [5.74, 6) is 9.63. The van der Waals surface area contributed by atoms with E-state index in [-0.39, 0.29) is 5.91 Å². The zero-order chi connectivity index (χ0) is 21.5. The first kappa shape index (κ1) is 19.6. The summed E-state index contributed by atoms with van der Waals surface area (Å²) in [4.78, 5) is 17.5. The Balaban J connectivity index is 1.22. The molecule has 1 saturated heterocycles. The van der Waals surface area contributed by atoms with Crippen LogP contribution >= 0.6 is 0 Å². The lowest BCUT2D eigenvalue weighted by Crippen LogP contribution is -2.28. The molecule has 5 rings (SSSR count). The summed E-state index contributed by atoms with van der Waals surface area (Å²) in [6, 6.07) is 9.89. The monoisotopic (exact) mass is 416 g/mol. The second-order valence-corrected chi connectivity index (χ2v) is 8.39. The number of aliphatic hydroxyl groups is 1. The molecular formula is C24H24N4O3. The number of hydrogen-bond donors (Lipinski definition) is 1. The van der Waals surface area contributed by atoms with E-state index in [2.05, 4.69) is 22.0 Å². The van der Waals surface area contributed by atoms with E-state index >= 15 is 0 Å². The van der Waals surface area contributed by atoms with Crippen molar-refractivity contribution in [2.75, 3.05) is 13.1 Å². The van der Waals surface area contributed by atoms with E-state index < -0.39 is 6.10 Å². The molecule has 1 aliphatic carbocycles. The molecule has 1 amide bonds. The van der Waals surface area contributed by atoms with Crippen molar-refractivity contribution in [3.63, 3.8) is 0 Å². The Morgan fingerprint density at radius 1 is 1.29 bits per heavy atom. The van der Waals surface area contributed by atoms with Gasteiger partial charge in [0.05, 0.1) is 6.54 Å². The summed E-state index contributed by atoms with van der Waals surface area (Å²) in [6.45, 7) is 5.48. The van der Waals surface area contributed by atoms with Gasteiger partial charge in [0.25, 0.3) is 0 Å². The molecule has 7 nitrogen and oxygen atoms in total. The van der Waals surface area contributed by atoms with Gasteiger partial charge in [0.15, 0.2) is 5.76 Å². The van der Waals surface area contributed by atoms with E-state index in [1.165, 1.54) is 0 Å². The van der Waals surface area contributed by atoms with Crippen LogP contribution in [-0.4, -0.2) is 43.7 Å². The summed E-state index contributed by atoms with van der Waals surface area (Å²) >= 11 is 0. The quantitative estimate of drug-likeness (QED) is 0.661. The molecule has 2 aliphatic rings. The lowest BCUT2D eigenvalue weighted by atomic mass is 10.1. The van der Waals surface area contributed by atoms with E-state index in [1.807, 2.05) is 46.0 Å². The van der Waals surface area contributed by atoms with E-state index in [0.717, 1.165) is 29.9 Å². The van der Waals surface area contributed by atoms with Crippen LogP contribution in [-0.2, 0) is 11.3 Å². The lowest BCUT2D eigenvalue weighted by Gasteiger charge is -2.15. The van der Waals surface area contributed by atoms with Gasteiger partial charge in [-0.15, -0.1) is 0 Å². The fraction of sp³-hybridized carbons (Fsp3) is 0.375. The first-order valence-electron chi connectivity index (χ1n) is 10.5. The summed E-state index contributed by atoms with van der Waals surface area (Å²) in [5.41, 5.74) is 2.69. The van der Waals surface area contributed by atoms with Crippen molar-refractivity contribution >= 4 is 5.91 Å². The molecule has 3 heterocycles. The van der Waals surface area contributed by atoms with Gasteiger partial charge in [0, 0.05) is 55.5 Å². The minimum atomic E-state index is -0.644. The summed E-state index contributed by atoms with van der Waals surface area (Å²) < 4.78 is 7.32. The molecule has 2 unspecified atom stereocenters. The maximum absolute atomic E-state index is 11.4. The normalized spacial score (nSPS) is 22.5. The second-order valence-electron chi connectivity index (χ2n) is 8.39. The Labute approximate surface area is 180 Å². The van der Waals surface area contributed by atoms with Crippen LogP contribution in [0.15, 0.2) is 47.2 Å². The fourth-order valence-electron chi connectivity index (χ4n) is 4.40. The third-order valence-electron chi connectivity index (χ3n) is 6.21. The molecule has 1 aromatic carbocycles. The van der Waals surface area contributed by atoms with Crippen LogP contribution in [0.3, 0.4) is 0 Å². The molecule has 31 heavy (non-hydrogen) atoms. The summed E-state index contributed by atoms with van der Waals surface area (Å²) in [5, 5.41) is 14.0. The van der Waals surface area contributed by atoms with Gasteiger partial charge in [-0.1, -0.05) is 29.1 Å². The van der Waals surface area contributed by atoms with Gasteiger partial charge in [-0.05, 0) is 30.9 Å². The minimum absolute atomic E-state index is 0.166. The third kappa shape index (κ3) is 3.87. The lowest BCUT2D eigenvalue weighted by molar-refractivity contribution is -0.128. The molecule has 0 spiro atoms. The standard InChI is InChI=1S/C24H24N4O3/c1-15(29)24-25-9-10-27(24)12-19-11-23(26-31-19)18-6-3-17(4-7-18)5-8-20-21-13-28(16(2)30)14-22(20)21/h3-4,6-7,9-11,15,20-22,29H,12-14H2,1-2H3/t15-,20?,21?,22?/m0/s1. The third-order valence-corrected chi connectivity index (χ3v) is 6.21. The van der Waals surface area contributed by atoms with Crippen molar-refractivity contribution in [3.8, 4) is 23.1 Å². The average Bonchev–Trinajstić information content (AvgIpc) is 3.24.